The molecule has 2 aliphatic rings. The first-order chi connectivity index (χ1) is 14.8. The molecule has 9 heteroatoms. The molecular formula is C22H25N5O3S. The van der Waals surface area contributed by atoms with E-state index in [0.717, 1.165) is 27.8 Å². The molecule has 0 saturated carbocycles. The van der Waals surface area contributed by atoms with Crippen molar-refractivity contribution in [1.82, 2.24) is 9.97 Å². The first kappa shape index (κ1) is 20.2. The SMILES string of the molecule is Cc1ccc2nc(N3CCS(=O)(=O)c4ccccc4C3)nc(N3CC(O)(CN)C3)c2c1. The number of nitrogens with two attached hydrogens (primary N) is 1. The van der Waals surface area contributed by atoms with Gasteiger partial charge in [-0.25, -0.2) is 13.4 Å². The Morgan fingerprint density at radius 2 is 1.90 bits per heavy atom. The largest absolute Gasteiger partial charge is 0.385 e. The summed E-state index contributed by atoms with van der Waals surface area (Å²) < 4.78 is 25.5. The van der Waals surface area contributed by atoms with E-state index in [0.29, 0.717) is 37.0 Å². The normalized spacial score (nSPS) is 19.6. The van der Waals surface area contributed by atoms with Gasteiger partial charge in [0.15, 0.2) is 9.84 Å². The number of hydrogen-bond donors (Lipinski definition) is 2. The Labute approximate surface area is 181 Å². The van der Waals surface area contributed by atoms with E-state index in [9.17, 15) is 13.5 Å². The molecule has 162 valence electrons. The van der Waals surface area contributed by atoms with Crippen LogP contribution in [0.1, 0.15) is 11.1 Å². The highest BCUT2D eigenvalue weighted by Gasteiger charge is 2.41. The summed E-state index contributed by atoms with van der Waals surface area (Å²) in [6, 6.07) is 13.1. The quantitative estimate of drug-likeness (QED) is 0.627. The summed E-state index contributed by atoms with van der Waals surface area (Å²) in [5, 5.41) is 11.3. The molecule has 3 N–H and O–H groups in total. The molecule has 2 aliphatic heterocycles. The third-order valence-electron chi connectivity index (χ3n) is 6.05. The van der Waals surface area contributed by atoms with Crippen LogP contribution in [-0.4, -0.2) is 61.0 Å². The lowest BCUT2D eigenvalue weighted by atomic mass is 9.94. The Balaban J connectivity index is 1.59. The molecule has 5 rings (SSSR count). The minimum Gasteiger partial charge on any atom is -0.385 e. The van der Waals surface area contributed by atoms with Crippen LogP contribution in [-0.2, 0) is 16.4 Å². The maximum atomic E-state index is 12.7. The molecule has 8 nitrogen and oxygen atoms in total. The third-order valence-corrected chi connectivity index (χ3v) is 7.84. The summed E-state index contributed by atoms with van der Waals surface area (Å²) >= 11 is 0. The minimum absolute atomic E-state index is 0.00524. The van der Waals surface area contributed by atoms with Crippen LogP contribution in [0.4, 0.5) is 11.8 Å². The Hall–Kier alpha value is -2.75. The predicted octanol–water partition coefficient (Wildman–Crippen LogP) is 1.24. The summed E-state index contributed by atoms with van der Waals surface area (Å²) in [7, 11) is -3.36. The summed E-state index contributed by atoms with van der Waals surface area (Å²) in [5.41, 5.74) is 7.42. The molecule has 3 aromatic rings. The van der Waals surface area contributed by atoms with Crippen molar-refractivity contribution in [2.45, 2.75) is 24.0 Å². The van der Waals surface area contributed by atoms with Gasteiger partial charge >= 0.3 is 0 Å². The summed E-state index contributed by atoms with van der Waals surface area (Å²) in [4.78, 5) is 13.9. The van der Waals surface area contributed by atoms with Crippen molar-refractivity contribution in [3.05, 3.63) is 53.6 Å². The summed E-state index contributed by atoms with van der Waals surface area (Å²) in [6.07, 6.45) is 0. The highest BCUT2D eigenvalue weighted by molar-refractivity contribution is 7.91. The van der Waals surface area contributed by atoms with Gasteiger partial charge in [-0.3, -0.25) is 0 Å². The average Bonchev–Trinajstić information content (AvgIpc) is 2.87. The van der Waals surface area contributed by atoms with Gasteiger partial charge in [0.1, 0.15) is 11.4 Å². The second kappa shape index (κ2) is 7.15. The molecule has 0 spiro atoms. The van der Waals surface area contributed by atoms with Gasteiger partial charge in [-0.2, -0.15) is 4.98 Å². The average molecular weight is 440 g/mol. The Morgan fingerprint density at radius 1 is 1.13 bits per heavy atom. The van der Waals surface area contributed by atoms with Gasteiger partial charge in [0, 0.05) is 25.0 Å². The summed E-state index contributed by atoms with van der Waals surface area (Å²) in [5.74, 6) is 1.23. The molecule has 1 fully saturated rings. The molecule has 0 radical (unpaired) electrons. The number of aryl methyl sites for hydroxylation is 1. The highest BCUT2D eigenvalue weighted by Crippen LogP contribution is 2.34. The fraction of sp³-hybridized carbons (Fsp3) is 0.364. The van der Waals surface area contributed by atoms with Gasteiger partial charge in [0.25, 0.3) is 0 Å². The Morgan fingerprint density at radius 3 is 2.68 bits per heavy atom. The monoisotopic (exact) mass is 439 g/mol. The van der Waals surface area contributed by atoms with E-state index in [2.05, 4.69) is 0 Å². The Kier molecular flexibility index (Phi) is 4.65. The van der Waals surface area contributed by atoms with E-state index in [1.807, 2.05) is 47.1 Å². The molecule has 0 aliphatic carbocycles. The lowest BCUT2D eigenvalue weighted by molar-refractivity contribution is 0.0206. The first-order valence-electron chi connectivity index (χ1n) is 10.3. The highest BCUT2D eigenvalue weighted by atomic mass is 32.2. The van der Waals surface area contributed by atoms with Gasteiger partial charge in [-0.05, 0) is 30.7 Å². The van der Waals surface area contributed by atoms with Gasteiger partial charge in [-0.1, -0.05) is 29.8 Å². The zero-order valence-corrected chi connectivity index (χ0v) is 18.1. The van der Waals surface area contributed by atoms with Crippen LogP contribution >= 0.6 is 0 Å². The molecule has 0 unspecified atom stereocenters. The number of aliphatic hydroxyl groups is 1. The van der Waals surface area contributed by atoms with Crippen LogP contribution in [0.15, 0.2) is 47.4 Å². The number of anilines is 2. The van der Waals surface area contributed by atoms with Gasteiger partial charge in [0.2, 0.25) is 5.95 Å². The number of rotatable bonds is 3. The second-order valence-corrected chi connectivity index (χ2v) is 10.6. The van der Waals surface area contributed by atoms with E-state index in [1.165, 1.54) is 0 Å². The zero-order valence-electron chi connectivity index (χ0n) is 17.3. The number of sulfone groups is 1. The zero-order chi connectivity index (χ0) is 21.8. The number of fused-ring (bicyclic) bond motifs is 2. The van der Waals surface area contributed by atoms with E-state index in [-0.39, 0.29) is 12.3 Å². The van der Waals surface area contributed by atoms with Crippen LogP contribution in [0.5, 0.6) is 0 Å². The molecular weight excluding hydrogens is 414 g/mol. The van der Waals surface area contributed by atoms with Crippen molar-refractivity contribution in [1.29, 1.82) is 0 Å². The minimum atomic E-state index is -3.36. The van der Waals surface area contributed by atoms with Crippen molar-refractivity contribution < 1.29 is 13.5 Å². The molecule has 1 saturated heterocycles. The third kappa shape index (κ3) is 3.52. The van der Waals surface area contributed by atoms with Gasteiger partial charge < -0.3 is 20.6 Å². The molecule has 3 heterocycles. The van der Waals surface area contributed by atoms with E-state index >= 15 is 0 Å². The maximum absolute atomic E-state index is 12.7. The topological polar surface area (TPSA) is 113 Å². The number of nitrogens with zero attached hydrogens (tertiary/aromatic N) is 4. The lowest BCUT2D eigenvalue weighted by Crippen LogP contribution is -2.65. The second-order valence-electron chi connectivity index (χ2n) is 8.50. The lowest BCUT2D eigenvalue weighted by Gasteiger charge is -2.46. The number of aromatic nitrogens is 2. The van der Waals surface area contributed by atoms with Crippen LogP contribution in [0.3, 0.4) is 0 Å². The maximum Gasteiger partial charge on any atom is 0.228 e. The molecule has 0 bridgehead atoms. The van der Waals surface area contributed by atoms with Crippen molar-refractivity contribution >= 4 is 32.5 Å². The van der Waals surface area contributed by atoms with Crippen LogP contribution in [0.2, 0.25) is 0 Å². The standard InChI is InChI=1S/C22H25N5O3S/c1-15-6-7-18-17(10-15)20(27-13-22(28,12-23)14-27)25-21(24-18)26-8-9-31(29,30)19-5-3-2-4-16(19)11-26/h2-7,10,28H,8-9,11-14,23H2,1H3. The molecule has 0 atom stereocenters. The van der Waals surface area contributed by atoms with E-state index < -0.39 is 15.4 Å². The number of β-amino-alcohol motifs (C(OH)–C–C–N with tert-alkyl or cyclic N) is 1. The van der Waals surface area contributed by atoms with Crippen LogP contribution < -0.4 is 15.5 Å². The van der Waals surface area contributed by atoms with Crippen molar-refractivity contribution in [3.8, 4) is 0 Å². The molecule has 1 aromatic heterocycles. The molecule has 31 heavy (non-hydrogen) atoms. The first-order valence-corrected chi connectivity index (χ1v) is 11.9. The fourth-order valence-corrected chi connectivity index (χ4v) is 5.77. The van der Waals surface area contributed by atoms with Crippen molar-refractivity contribution in [3.63, 3.8) is 0 Å². The van der Waals surface area contributed by atoms with Crippen LogP contribution in [0, 0.1) is 6.92 Å². The Bertz CT molecular complexity index is 1270. The smallest absolute Gasteiger partial charge is 0.228 e. The number of benzene rings is 2. The number of hydrogen-bond acceptors (Lipinski definition) is 8. The predicted molar refractivity (Wildman–Crippen MR) is 120 cm³/mol. The van der Waals surface area contributed by atoms with E-state index in [4.69, 9.17) is 15.7 Å². The summed E-state index contributed by atoms with van der Waals surface area (Å²) in [6.45, 7) is 3.74. The van der Waals surface area contributed by atoms with Gasteiger partial charge in [-0.15, -0.1) is 0 Å². The van der Waals surface area contributed by atoms with Crippen molar-refractivity contribution in [2.75, 3.05) is 41.7 Å². The van der Waals surface area contributed by atoms with Crippen LogP contribution in [0.25, 0.3) is 10.9 Å². The van der Waals surface area contributed by atoms with Crippen molar-refractivity contribution in [2.24, 2.45) is 5.73 Å². The fourth-order valence-electron chi connectivity index (χ4n) is 4.27. The van der Waals surface area contributed by atoms with E-state index in [1.54, 1.807) is 12.1 Å². The molecule has 2 aromatic carbocycles. The molecule has 0 amide bonds. The van der Waals surface area contributed by atoms with Gasteiger partial charge in [0.05, 0.1) is 29.3 Å².